The minimum Gasteiger partial charge on any atom is -0.406 e. The maximum atomic E-state index is 12.7. The average Bonchev–Trinajstić information content (AvgIpc) is 2.70. The van der Waals surface area contributed by atoms with Crippen molar-refractivity contribution in [2.24, 2.45) is 0 Å². The molecule has 0 aromatic heterocycles. The van der Waals surface area contributed by atoms with Crippen molar-refractivity contribution in [1.29, 1.82) is 0 Å². The standard InChI is InChI=1S/C21H19F6NO3/c22-20(23,24)16-8-6-15(7-9-16)19(29)28-10-2-5-18(12-28)30-13-14-3-1-4-17(11-14)31-21(25,26)27/h1,3-4,6-9,11,18H,2,5,10,12-13H2/t18-/m1/s1. The maximum Gasteiger partial charge on any atom is 0.573 e. The molecule has 168 valence electrons. The first-order valence-corrected chi connectivity index (χ1v) is 9.44. The summed E-state index contributed by atoms with van der Waals surface area (Å²) in [5.41, 5.74) is -0.209. The Morgan fingerprint density at radius 2 is 1.74 bits per heavy atom. The summed E-state index contributed by atoms with van der Waals surface area (Å²) < 4.78 is 84.7. The van der Waals surface area contributed by atoms with Crippen molar-refractivity contribution >= 4 is 5.91 Å². The first-order chi connectivity index (χ1) is 14.5. The molecule has 3 rings (SSSR count). The number of carbonyl (C=O) groups excluding carboxylic acids is 1. The van der Waals surface area contributed by atoms with Gasteiger partial charge in [-0.2, -0.15) is 13.2 Å². The number of amides is 1. The number of hydrogen-bond acceptors (Lipinski definition) is 3. The zero-order valence-electron chi connectivity index (χ0n) is 16.2. The van der Waals surface area contributed by atoms with Crippen LogP contribution in [-0.2, 0) is 17.5 Å². The highest BCUT2D eigenvalue weighted by atomic mass is 19.4. The quantitative estimate of drug-likeness (QED) is 0.575. The van der Waals surface area contributed by atoms with Crippen molar-refractivity contribution in [2.75, 3.05) is 13.1 Å². The van der Waals surface area contributed by atoms with Crippen LogP contribution in [0.15, 0.2) is 48.5 Å². The Kier molecular flexibility index (Phi) is 6.78. The number of likely N-dealkylation sites (tertiary alicyclic amines) is 1. The van der Waals surface area contributed by atoms with Crippen molar-refractivity contribution in [3.05, 3.63) is 65.2 Å². The number of halogens is 6. The van der Waals surface area contributed by atoms with Crippen LogP contribution in [0.3, 0.4) is 0 Å². The Balaban J connectivity index is 1.57. The van der Waals surface area contributed by atoms with E-state index in [-0.39, 0.29) is 30.6 Å². The highest BCUT2D eigenvalue weighted by molar-refractivity contribution is 5.94. The van der Waals surface area contributed by atoms with Crippen LogP contribution in [0.1, 0.15) is 34.3 Å². The van der Waals surface area contributed by atoms with E-state index >= 15 is 0 Å². The van der Waals surface area contributed by atoms with Gasteiger partial charge in [0.2, 0.25) is 0 Å². The fourth-order valence-electron chi connectivity index (χ4n) is 3.29. The number of carbonyl (C=O) groups is 1. The molecular formula is C21H19F6NO3. The third-order valence-electron chi connectivity index (χ3n) is 4.74. The second kappa shape index (κ2) is 9.17. The van der Waals surface area contributed by atoms with Crippen LogP contribution in [0.4, 0.5) is 26.3 Å². The highest BCUT2D eigenvalue weighted by Crippen LogP contribution is 2.29. The van der Waals surface area contributed by atoms with Gasteiger partial charge in [-0.3, -0.25) is 4.79 Å². The molecule has 0 spiro atoms. The number of ether oxygens (including phenoxy) is 2. The molecule has 1 fully saturated rings. The van der Waals surface area contributed by atoms with Crippen molar-refractivity contribution in [3.63, 3.8) is 0 Å². The molecule has 2 aromatic rings. The Morgan fingerprint density at radius 1 is 1.03 bits per heavy atom. The monoisotopic (exact) mass is 447 g/mol. The average molecular weight is 447 g/mol. The minimum absolute atomic E-state index is 0.0298. The Hall–Kier alpha value is -2.75. The fraction of sp³-hybridized carbons (Fsp3) is 0.381. The van der Waals surface area contributed by atoms with Gasteiger partial charge in [0, 0.05) is 18.7 Å². The maximum absolute atomic E-state index is 12.7. The summed E-state index contributed by atoms with van der Waals surface area (Å²) in [7, 11) is 0. The normalized spacial score (nSPS) is 17.5. The van der Waals surface area contributed by atoms with Gasteiger partial charge < -0.3 is 14.4 Å². The van der Waals surface area contributed by atoms with Crippen molar-refractivity contribution < 1.29 is 40.6 Å². The second-order valence-electron chi connectivity index (χ2n) is 7.10. The van der Waals surface area contributed by atoms with Crippen molar-refractivity contribution in [2.45, 2.75) is 38.1 Å². The number of hydrogen-bond donors (Lipinski definition) is 0. The van der Waals surface area contributed by atoms with E-state index in [1.54, 1.807) is 6.07 Å². The van der Waals surface area contributed by atoms with Gasteiger partial charge >= 0.3 is 12.5 Å². The zero-order chi connectivity index (χ0) is 22.6. The molecule has 0 bridgehead atoms. The van der Waals surface area contributed by atoms with Crippen LogP contribution < -0.4 is 4.74 Å². The van der Waals surface area contributed by atoms with Gasteiger partial charge in [0.25, 0.3) is 5.91 Å². The molecule has 1 atom stereocenters. The molecule has 1 heterocycles. The van der Waals surface area contributed by atoms with Gasteiger partial charge in [-0.15, -0.1) is 13.2 Å². The van der Waals surface area contributed by atoms with Gasteiger partial charge in [0.1, 0.15) is 5.75 Å². The number of benzene rings is 2. The van der Waals surface area contributed by atoms with Gasteiger partial charge in [0.15, 0.2) is 0 Å². The van der Waals surface area contributed by atoms with E-state index in [4.69, 9.17) is 4.74 Å². The van der Waals surface area contributed by atoms with E-state index in [1.807, 2.05) is 0 Å². The summed E-state index contributed by atoms with van der Waals surface area (Å²) in [4.78, 5) is 14.1. The lowest BCUT2D eigenvalue weighted by atomic mass is 10.1. The molecule has 31 heavy (non-hydrogen) atoms. The second-order valence-corrected chi connectivity index (χ2v) is 7.10. The Morgan fingerprint density at radius 3 is 2.39 bits per heavy atom. The van der Waals surface area contributed by atoms with E-state index in [0.29, 0.717) is 24.9 Å². The summed E-state index contributed by atoms with van der Waals surface area (Å²) >= 11 is 0. The molecule has 1 saturated heterocycles. The predicted molar refractivity (Wildman–Crippen MR) is 98.3 cm³/mol. The number of piperidine rings is 1. The van der Waals surface area contributed by atoms with Gasteiger partial charge in [-0.25, -0.2) is 0 Å². The predicted octanol–water partition coefficient (Wildman–Crippen LogP) is 5.43. The SMILES string of the molecule is O=C(c1ccc(C(F)(F)F)cc1)N1CCC[C@@H](OCc2cccc(OC(F)(F)F)c2)C1. The largest absolute Gasteiger partial charge is 0.573 e. The lowest BCUT2D eigenvalue weighted by Crippen LogP contribution is -2.43. The number of nitrogens with zero attached hydrogens (tertiary/aromatic N) is 1. The fourth-order valence-corrected chi connectivity index (χ4v) is 3.29. The van der Waals surface area contributed by atoms with E-state index < -0.39 is 24.0 Å². The molecule has 10 heteroatoms. The molecule has 4 nitrogen and oxygen atoms in total. The summed E-state index contributed by atoms with van der Waals surface area (Å²) in [5.74, 6) is -0.751. The van der Waals surface area contributed by atoms with E-state index in [9.17, 15) is 31.1 Å². The number of rotatable bonds is 5. The molecule has 0 saturated carbocycles. The van der Waals surface area contributed by atoms with Crippen LogP contribution in [0.25, 0.3) is 0 Å². The summed E-state index contributed by atoms with van der Waals surface area (Å²) in [5, 5.41) is 0. The first kappa shape index (κ1) is 22.9. The first-order valence-electron chi connectivity index (χ1n) is 9.44. The molecule has 0 radical (unpaired) electrons. The molecule has 1 amide bonds. The summed E-state index contributed by atoms with van der Waals surface area (Å²) in [6, 6.07) is 9.42. The van der Waals surface area contributed by atoms with Crippen LogP contribution in [0, 0.1) is 0 Å². The third-order valence-corrected chi connectivity index (χ3v) is 4.74. The smallest absolute Gasteiger partial charge is 0.406 e. The lowest BCUT2D eigenvalue weighted by Gasteiger charge is -2.33. The van der Waals surface area contributed by atoms with Crippen LogP contribution in [0.2, 0.25) is 0 Å². The highest BCUT2D eigenvalue weighted by Gasteiger charge is 2.32. The topological polar surface area (TPSA) is 38.8 Å². The zero-order valence-corrected chi connectivity index (χ0v) is 16.2. The Labute approximate surface area is 174 Å². The minimum atomic E-state index is -4.79. The van der Waals surface area contributed by atoms with Crippen LogP contribution in [0.5, 0.6) is 5.75 Å². The van der Waals surface area contributed by atoms with Crippen molar-refractivity contribution in [3.8, 4) is 5.75 Å². The molecule has 2 aromatic carbocycles. The van der Waals surface area contributed by atoms with Crippen LogP contribution in [-0.4, -0.2) is 36.4 Å². The molecule has 0 unspecified atom stereocenters. The summed E-state index contributed by atoms with van der Waals surface area (Å²) in [6.07, 6.45) is -8.33. The summed E-state index contributed by atoms with van der Waals surface area (Å²) in [6.45, 7) is 0.704. The molecule has 1 aliphatic heterocycles. The van der Waals surface area contributed by atoms with Crippen molar-refractivity contribution in [1.82, 2.24) is 4.90 Å². The van der Waals surface area contributed by atoms with Gasteiger partial charge in [-0.1, -0.05) is 12.1 Å². The molecular weight excluding hydrogens is 428 g/mol. The molecule has 1 aliphatic rings. The van der Waals surface area contributed by atoms with Crippen LogP contribution >= 0.6 is 0 Å². The lowest BCUT2D eigenvalue weighted by molar-refractivity contribution is -0.274. The molecule has 0 N–H and O–H groups in total. The van der Waals surface area contributed by atoms with E-state index in [0.717, 1.165) is 24.3 Å². The third kappa shape index (κ3) is 6.61. The van der Waals surface area contributed by atoms with E-state index in [1.165, 1.54) is 23.1 Å². The van der Waals surface area contributed by atoms with E-state index in [2.05, 4.69) is 4.74 Å². The number of alkyl halides is 6. The van der Waals surface area contributed by atoms with Gasteiger partial charge in [-0.05, 0) is 54.8 Å². The molecule has 0 aliphatic carbocycles. The van der Waals surface area contributed by atoms with Gasteiger partial charge in [0.05, 0.1) is 18.3 Å². The Bertz CT molecular complexity index is 895.